The van der Waals surface area contributed by atoms with Crippen molar-refractivity contribution in [3.63, 3.8) is 0 Å². The first kappa shape index (κ1) is 34.0. The summed E-state index contributed by atoms with van der Waals surface area (Å²) in [7, 11) is 0. The number of piperidine rings is 1. The van der Waals surface area contributed by atoms with Gasteiger partial charge in [-0.1, -0.05) is 11.6 Å². The van der Waals surface area contributed by atoms with Crippen molar-refractivity contribution in [1.82, 2.24) is 39.0 Å². The van der Waals surface area contributed by atoms with Crippen molar-refractivity contribution in [2.75, 3.05) is 18.4 Å². The Morgan fingerprint density at radius 2 is 1.86 bits per heavy atom. The molecule has 0 saturated carbocycles. The number of ether oxygens (including phenoxy) is 1. The van der Waals surface area contributed by atoms with Crippen LogP contribution in [0.25, 0.3) is 17.2 Å². The van der Waals surface area contributed by atoms with E-state index in [0.717, 1.165) is 22.7 Å². The molecule has 7 rings (SSSR count). The number of carbonyl (C=O) groups is 2. The molecular formula is C33H29ClF3N9O5. The lowest BCUT2D eigenvalue weighted by molar-refractivity contribution is -0.137. The fourth-order valence-electron chi connectivity index (χ4n) is 6.68. The number of fused-ring (bicyclic) bond motifs is 3. The summed E-state index contributed by atoms with van der Waals surface area (Å²) in [5.41, 5.74) is -0.697. The number of alkyl halides is 3. The third-order valence-electron chi connectivity index (χ3n) is 9.12. The summed E-state index contributed by atoms with van der Waals surface area (Å²) in [6, 6.07) is 6.02. The average Bonchev–Trinajstić information content (AvgIpc) is 3.65. The van der Waals surface area contributed by atoms with Crippen molar-refractivity contribution in [2.24, 2.45) is 0 Å². The van der Waals surface area contributed by atoms with Crippen LogP contribution in [0.5, 0.6) is 5.75 Å². The van der Waals surface area contributed by atoms with Gasteiger partial charge in [0.25, 0.3) is 11.5 Å². The van der Waals surface area contributed by atoms with E-state index < -0.39 is 47.4 Å². The summed E-state index contributed by atoms with van der Waals surface area (Å²) in [6.45, 7) is 4.94. The van der Waals surface area contributed by atoms with E-state index in [9.17, 15) is 32.7 Å². The van der Waals surface area contributed by atoms with Gasteiger partial charge in [-0.05, 0) is 63.9 Å². The van der Waals surface area contributed by atoms with Crippen LogP contribution in [-0.2, 0) is 27.9 Å². The highest BCUT2D eigenvalue weighted by Gasteiger charge is 2.50. The number of benzene rings is 1. The third kappa shape index (κ3) is 5.95. The molecule has 2 N–H and O–H groups in total. The molecule has 1 unspecified atom stereocenters. The van der Waals surface area contributed by atoms with Gasteiger partial charge in [0.05, 0.1) is 39.3 Å². The lowest BCUT2D eigenvalue weighted by Crippen LogP contribution is -2.47. The Morgan fingerprint density at radius 1 is 1.12 bits per heavy atom. The fourth-order valence-corrected chi connectivity index (χ4v) is 6.91. The summed E-state index contributed by atoms with van der Waals surface area (Å²) < 4.78 is 48.8. The largest absolute Gasteiger partial charge is 0.504 e. The van der Waals surface area contributed by atoms with Crippen LogP contribution in [0.1, 0.15) is 64.6 Å². The molecular weight excluding hydrogens is 695 g/mol. The Hall–Kier alpha value is -5.42. The molecule has 14 nitrogen and oxygen atoms in total. The van der Waals surface area contributed by atoms with Gasteiger partial charge in [0.15, 0.2) is 17.3 Å². The average molecular weight is 724 g/mol. The second kappa shape index (κ2) is 12.4. The molecule has 2 amide bonds. The Kier molecular flexibility index (Phi) is 8.29. The molecule has 5 aromatic rings. The number of aromatic hydroxyl groups is 1. The molecule has 1 spiro atoms. The van der Waals surface area contributed by atoms with E-state index in [-0.39, 0.29) is 70.9 Å². The number of carbonyl (C=O) groups excluding carboxylic acids is 2. The van der Waals surface area contributed by atoms with Crippen molar-refractivity contribution < 1.29 is 32.6 Å². The van der Waals surface area contributed by atoms with Gasteiger partial charge in [-0.3, -0.25) is 19.4 Å². The third-order valence-corrected chi connectivity index (χ3v) is 9.43. The lowest BCUT2D eigenvalue weighted by Gasteiger charge is -2.39. The Morgan fingerprint density at radius 3 is 2.55 bits per heavy atom. The Labute approximate surface area is 291 Å². The number of aromatic nitrogens is 7. The summed E-state index contributed by atoms with van der Waals surface area (Å²) in [4.78, 5) is 59.5. The van der Waals surface area contributed by atoms with Crippen LogP contribution in [0.3, 0.4) is 0 Å². The van der Waals surface area contributed by atoms with Crippen LogP contribution < -0.4 is 10.9 Å². The van der Waals surface area contributed by atoms with Crippen LogP contribution in [0, 0.1) is 13.8 Å². The molecule has 18 heteroatoms. The quantitative estimate of drug-likeness (QED) is 0.261. The van der Waals surface area contributed by atoms with E-state index in [0.29, 0.717) is 17.0 Å². The first-order valence-electron chi connectivity index (χ1n) is 15.8. The summed E-state index contributed by atoms with van der Waals surface area (Å²) in [5, 5.41) is 17.2. The highest BCUT2D eigenvalue weighted by Crippen LogP contribution is 2.48. The topological polar surface area (TPSA) is 170 Å². The van der Waals surface area contributed by atoms with Crippen molar-refractivity contribution in [1.29, 1.82) is 0 Å². The standard InChI is InChI=1S/C33H29ClF3N9O5/c1-16-12-19(6-9-38-16)28-42-31-45(14-23(47)41-22-5-4-20(13-21(22)34)33(35,36)37)26-18(3)51-32(24(26)29(49)46(31)43-28)7-10-44(11-8-32)30(50)25-27(48)17(2)39-15-40-25/h4-6,9,12-13,15,18,48H,7-8,10-11,14H2,1-3H3,(H,41,47). The van der Waals surface area contributed by atoms with Gasteiger partial charge in [0.1, 0.15) is 18.5 Å². The van der Waals surface area contributed by atoms with Gasteiger partial charge in [0, 0.05) is 30.5 Å². The molecule has 2 aliphatic rings. The fraction of sp³-hybridized carbons (Fsp3) is 0.333. The van der Waals surface area contributed by atoms with E-state index >= 15 is 0 Å². The lowest BCUT2D eigenvalue weighted by atomic mass is 9.85. The van der Waals surface area contributed by atoms with Crippen molar-refractivity contribution in [2.45, 2.75) is 58.0 Å². The molecule has 1 fully saturated rings. The molecule has 1 atom stereocenters. The first-order valence-corrected chi connectivity index (χ1v) is 16.2. The van der Waals surface area contributed by atoms with Gasteiger partial charge < -0.3 is 24.6 Å². The molecule has 2 aliphatic heterocycles. The van der Waals surface area contributed by atoms with E-state index in [4.69, 9.17) is 16.3 Å². The number of pyridine rings is 1. The maximum absolute atomic E-state index is 14.4. The molecule has 4 aromatic heterocycles. The van der Waals surface area contributed by atoms with Gasteiger partial charge in [-0.15, -0.1) is 5.10 Å². The van der Waals surface area contributed by atoms with E-state index in [2.05, 4.69) is 30.4 Å². The summed E-state index contributed by atoms with van der Waals surface area (Å²) >= 11 is 6.12. The minimum absolute atomic E-state index is 0.0339. The Bertz CT molecular complexity index is 2300. The minimum Gasteiger partial charge on any atom is -0.504 e. The van der Waals surface area contributed by atoms with E-state index in [1.54, 1.807) is 39.1 Å². The number of anilines is 1. The predicted molar refractivity (Wildman–Crippen MR) is 175 cm³/mol. The van der Waals surface area contributed by atoms with Gasteiger partial charge >= 0.3 is 6.18 Å². The molecule has 0 radical (unpaired) electrons. The first-order chi connectivity index (χ1) is 24.2. The number of halogens is 4. The zero-order valence-electron chi connectivity index (χ0n) is 27.3. The van der Waals surface area contributed by atoms with Crippen LogP contribution in [-0.4, -0.2) is 69.0 Å². The van der Waals surface area contributed by atoms with Crippen LogP contribution in [0.4, 0.5) is 18.9 Å². The Balaban J connectivity index is 1.28. The second-order valence-electron chi connectivity index (χ2n) is 12.4. The zero-order valence-corrected chi connectivity index (χ0v) is 28.1. The number of likely N-dealkylation sites (tertiary alicyclic amines) is 1. The molecule has 51 heavy (non-hydrogen) atoms. The zero-order chi connectivity index (χ0) is 36.4. The predicted octanol–water partition coefficient (Wildman–Crippen LogP) is 4.60. The highest BCUT2D eigenvalue weighted by molar-refractivity contribution is 6.33. The number of aryl methyl sites for hydroxylation is 2. The van der Waals surface area contributed by atoms with Crippen LogP contribution in [0.2, 0.25) is 5.02 Å². The van der Waals surface area contributed by atoms with Gasteiger partial charge in [0.2, 0.25) is 11.7 Å². The number of nitrogens with zero attached hydrogens (tertiary/aromatic N) is 8. The molecule has 6 heterocycles. The minimum atomic E-state index is -4.63. The molecule has 0 bridgehead atoms. The second-order valence-corrected chi connectivity index (χ2v) is 12.8. The molecule has 1 aromatic carbocycles. The van der Waals surface area contributed by atoms with E-state index in [1.807, 2.05) is 0 Å². The molecule has 1 saturated heterocycles. The number of rotatable bonds is 5. The van der Waals surface area contributed by atoms with Crippen LogP contribution >= 0.6 is 11.6 Å². The summed E-state index contributed by atoms with van der Waals surface area (Å²) in [5.74, 6) is -1.25. The van der Waals surface area contributed by atoms with Crippen LogP contribution in [0.15, 0.2) is 47.7 Å². The SMILES string of the molecule is Cc1cc(-c2nc3n(CC(=O)Nc4ccc(C(F)(F)F)cc4Cl)c4c(c(=O)n3n2)C2(CCN(C(=O)c3ncnc(C)c3O)CC2)OC4C)ccn1. The van der Waals surface area contributed by atoms with Crippen molar-refractivity contribution >= 4 is 34.9 Å². The molecule has 0 aliphatic carbocycles. The smallest absolute Gasteiger partial charge is 0.416 e. The van der Waals surface area contributed by atoms with Crippen molar-refractivity contribution in [3.05, 3.63) is 92.1 Å². The van der Waals surface area contributed by atoms with Crippen molar-refractivity contribution in [3.8, 4) is 17.1 Å². The molecule has 264 valence electrons. The normalized spacial score (nSPS) is 16.8. The number of amides is 2. The number of hydrogen-bond donors (Lipinski definition) is 2. The van der Waals surface area contributed by atoms with Gasteiger partial charge in [-0.2, -0.15) is 22.7 Å². The number of hydrogen-bond acceptors (Lipinski definition) is 10. The van der Waals surface area contributed by atoms with Gasteiger partial charge in [-0.25, -0.2) is 9.97 Å². The summed E-state index contributed by atoms with van der Waals surface area (Å²) in [6.07, 6.45) is -2.19. The highest BCUT2D eigenvalue weighted by atomic mass is 35.5. The maximum atomic E-state index is 14.4. The number of nitrogens with one attached hydrogen (secondary N) is 1. The van der Waals surface area contributed by atoms with E-state index in [1.165, 1.54) is 15.8 Å². The monoisotopic (exact) mass is 723 g/mol. The maximum Gasteiger partial charge on any atom is 0.416 e.